The number of anilines is 1. The lowest BCUT2D eigenvalue weighted by atomic mass is 10.1. The minimum atomic E-state index is -0.505. The smallest absolute Gasteiger partial charge is 0.311 e. The Bertz CT molecular complexity index is 1440. The molecule has 0 aliphatic rings. The summed E-state index contributed by atoms with van der Waals surface area (Å²) in [6.07, 6.45) is 1.46. The molecule has 1 N–H and O–H groups in total. The number of rotatable bonds is 8. The number of carbonyl (C=O) groups excluding carboxylic acids is 1. The van der Waals surface area contributed by atoms with E-state index >= 15 is 0 Å². The van der Waals surface area contributed by atoms with Crippen LogP contribution in [0.15, 0.2) is 66.9 Å². The molecule has 0 unspecified atom stereocenters. The van der Waals surface area contributed by atoms with E-state index in [1.165, 1.54) is 35.1 Å². The van der Waals surface area contributed by atoms with Crippen LogP contribution >= 0.6 is 23.2 Å². The van der Waals surface area contributed by atoms with Crippen LogP contribution in [0.2, 0.25) is 10.0 Å². The van der Waals surface area contributed by atoms with Gasteiger partial charge in [-0.3, -0.25) is 19.6 Å². The Labute approximate surface area is 215 Å². The molecule has 4 rings (SSSR count). The highest BCUT2D eigenvalue weighted by atomic mass is 35.5. The molecule has 0 saturated heterocycles. The van der Waals surface area contributed by atoms with Crippen LogP contribution in [0.1, 0.15) is 27.0 Å². The van der Waals surface area contributed by atoms with E-state index in [1.54, 1.807) is 43.3 Å². The van der Waals surface area contributed by atoms with E-state index in [2.05, 4.69) is 10.4 Å². The summed E-state index contributed by atoms with van der Waals surface area (Å²) >= 11 is 12.3. The summed E-state index contributed by atoms with van der Waals surface area (Å²) < 4.78 is 21.1. The molecule has 8 nitrogen and oxygen atoms in total. The Kier molecular flexibility index (Phi) is 7.52. The minimum absolute atomic E-state index is 0.0177. The summed E-state index contributed by atoms with van der Waals surface area (Å²) in [6.45, 7) is 1.80. The van der Waals surface area contributed by atoms with Gasteiger partial charge in [-0.1, -0.05) is 47.5 Å². The number of hydrogen-bond acceptors (Lipinski definition) is 5. The second-order valence-electron chi connectivity index (χ2n) is 7.89. The van der Waals surface area contributed by atoms with Crippen molar-refractivity contribution in [3.8, 4) is 5.75 Å². The molecule has 36 heavy (non-hydrogen) atoms. The molecule has 0 aliphatic carbocycles. The lowest BCUT2D eigenvalue weighted by Crippen LogP contribution is -2.14. The molecule has 184 valence electrons. The summed E-state index contributed by atoms with van der Waals surface area (Å²) in [5, 5.41) is 18.6. The second kappa shape index (κ2) is 10.8. The topological polar surface area (TPSA) is 99.3 Å². The van der Waals surface area contributed by atoms with Gasteiger partial charge in [-0.25, -0.2) is 4.39 Å². The lowest BCUT2D eigenvalue weighted by Gasteiger charge is -2.09. The number of nitrogens with zero attached hydrogens (tertiary/aromatic N) is 3. The molecule has 0 saturated carbocycles. The summed E-state index contributed by atoms with van der Waals surface area (Å²) in [5.41, 5.74) is 1.79. The molecule has 0 atom stereocenters. The molecule has 4 aromatic rings. The Morgan fingerprint density at radius 1 is 1.14 bits per heavy atom. The standard InChI is InChI=1S/C25H19Cl2FN4O4/c1-15-8-9-23(22(10-15)32(34)35)36-14-16-4-2-5-17(11-16)25(33)29-24-20(27)13-31(30-24)12-18-19(26)6-3-7-21(18)28/h2-11,13H,12,14H2,1H3,(H,29,30,33). The van der Waals surface area contributed by atoms with Gasteiger partial charge in [0.1, 0.15) is 17.4 Å². The number of ether oxygens (including phenoxy) is 1. The van der Waals surface area contributed by atoms with E-state index in [-0.39, 0.29) is 46.0 Å². The van der Waals surface area contributed by atoms with E-state index in [0.29, 0.717) is 11.1 Å². The monoisotopic (exact) mass is 528 g/mol. The Hall–Kier alpha value is -3.95. The zero-order valence-corrected chi connectivity index (χ0v) is 20.4. The Morgan fingerprint density at radius 3 is 2.67 bits per heavy atom. The summed E-state index contributed by atoms with van der Waals surface area (Å²) in [6, 6.07) is 15.6. The van der Waals surface area contributed by atoms with Gasteiger partial charge in [0.2, 0.25) is 0 Å². The van der Waals surface area contributed by atoms with Crippen molar-refractivity contribution in [2.75, 3.05) is 5.32 Å². The zero-order valence-electron chi connectivity index (χ0n) is 18.9. The predicted molar refractivity (Wildman–Crippen MR) is 134 cm³/mol. The Morgan fingerprint density at radius 2 is 1.92 bits per heavy atom. The highest BCUT2D eigenvalue weighted by Gasteiger charge is 2.17. The van der Waals surface area contributed by atoms with Crippen LogP contribution in [0.25, 0.3) is 0 Å². The zero-order chi connectivity index (χ0) is 25.8. The van der Waals surface area contributed by atoms with Gasteiger partial charge in [-0.15, -0.1) is 0 Å². The molecule has 0 spiro atoms. The molecule has 1 amide bonds. The number of benzene rings is 3. The predicted octanol–water partition coefficient (Wildman–Crippen LogP) is 6.43. The average molecular weight is 529 g/mol. The van der Waals surface area contributed by atoms with Crippen LogP contribution in [-0.4, -0.2) is 20.6 Å². The van der Waals surface area contributed by atoms with E-state index in [1.807, 2.05) is 0 Å². The van der Waals surface area contributed by atoms with Crippen molar-refractivity contribution in [1.29, 1.82) is 0 Å². The van der Waals surface area contributed by atoms with E-state index in [9.17, 15) is 19.3 Å². The number of nitro groups is 1. The minimum Gasteiger partial charge on any atom is -0.482 e. The van der Waals surface area contributed by atoms with Crippen molar-refractivity contribution in [2.45, 2.75) is 20.1 Å². The van der Waals surface area contributed by atoms with Gasteiger partial charge in [0.25, 0.3) is 5.91 Å². The molecule has 1 heterocycles. The third-order valence-electron chi connectivity index (χ3n) is 5.23. The fourth-order valence-corrected chi connectivity index (χ4v) is 3.86. The van der Waals surface area contributed by atoms with E-state index in [0.717, 1.165) is 5.56 Å². The highest BCUT2D eigenvalue weighted by molar-refractivity contribution is 6.33. The first-order valence-electron chi connectivity index (χ1n) is 10.6. The van der Waals surface area contributed by atoms with Gasteiger partial charge >= 0.3 is 5.69 Å². The first-order chi connectivity index (χ1) is 17.2. The largest absolute Gasteiger partial charge is 0.482 e. The van der Waals surface area contributed by atoms with Crippen LogP contribution in [0, 0.1) is 22.9 Å². The number of nitrogens with one attached hydrogen (secondary N) is 1. The molecule has 1 aromatic heterocycles. The first-order valence-corrected chi connectivity index (χ1v) is 11.4. The van der Waals surface area contributed by atoms with Crippen molar-refractivity contribution >= 4 is 40.6 Å². The summed E-state index contributed by atoms with van der Waals surface area (Å²) in [4.78, 5) is 23.6. The number of amides is 1. The number of aromatic nitrogens is 2. The number of halogens is 3. The number of carbonyl (C=O) groups is 1. The molecule has 3 aromatic carbocycles. The maximum absolute atomic E-state index is 14.1. The molecule has 0 fully saturated rings. The third-order valence-corrected chi connectivity index (χ3v) is 5.86. The number of nitro benzene ring substituents is 1. The number of aryl methyl sites for hydroxylation is 1. The normalized spacial score (nSPS) is 10.8. The highest BCUT2D eigenvalue weighted by Crippen LogP contribution is 2.29. The molecule has 0 aliphatic heterocycles. The van der Waals surface area contributed by atoms with Crippen LogP contribution in [0.5, 0.6) is 5.75 Å². The maximum Gasteiger partial charge on any atom is 0.311 e. The van der Waals surface area contributed by atoms with E-state index in [4.69, 9.17) is 27.9 Å². The SMILES string of the molecule is Cc1ccc(OCc2cccc(C(=O)Nc3nn(Cc4c(F)cccc4Cl)cc3Cl)c2)c([N+](=O)[O-])c1. The molecular weight excluding hydrogens is 510 g/mol. The summed E-state index contributed by atoms with van der Waals surface area (Å²) in [7, 11) is 0. The van der Waals surface area contributed by atoms with Crippen molar-refractivity contribution in [3.05, 3.63) is 115 Å². The van der Waals surface area contributed by atoms with Gasteiger partial charge in [-0.05, 0) is 48.4 Å². The number of hydrogen-bond donors (Lipinski definition) is 1. The van der Waals surface area contributed by atoms with Gasteiger partial charge in [0.15, 0.2) is 11.6 Å². The van der Waals surface area contributed by atoms with Crippen LogP contribution in [-0.2, 0) is 13.2 Å². The van der Waals surface area contributed by atoms with Crippen LogP contribution in [0.4, 0.5) is 15.9 Å². The molecule has 11 heteroatoms. The van der Waals surface area contributed by atoms with Gasteiger partial charge in [0.05, 0.1) is 11.5 Å². The molecule has 0 radical (unpaired) electrons. The van der Waals surface area contributed by atoms with Crippen LogP contribution < -0.4 is 10.1 Å². The maximum atomic E-state index is 14.1. The van der Waals surface area contributed by atoms with E-state index < -0.39 is 16.6 Å². The van der Waals surface area contributed by atoms with Gasteiger partial charge in [-0.2, -0.15) is 5.10 Å². The van der Waals surface area contributed by atoms with Crippen molar-refractivity contribution in [3.63, 3.8) is 0 Å². The quantitative estimate of drug-likeness (QED) is 0.210. The first kappa shape index (κ1) is 25.2. The average Bonchev–Trinajstić information content (AvgIpc) is 3.19. The van der Waals surface area contributed by atoms with Gasteiger partial charge < -0.3 is 10.1 Å². The van der Waals surface area contributed by atoms with Crippen molar-refractivity contribution in [2.24, 2.45) is 0 Å². The fourth-order valence-electron chi connectivity index (χ4n) is 3.44. The van der Waals surface area contributed by atoms with Gasteiger partial charge in [0, 0.05) is 28.4 Å². The Balaban J connectivity index is 1.45. The third kappa shape index (κ3) is 5.81. The van der Waals surface area contributed by atoms with Crippen molar-refractivity contribution < 1.29 is 18.8 Å². The summed E-state index contributed by atoms with van der Waals surface area (Å²) in [5.74, 6) is -0.720. The van der Waals surface area contributed by atoms with Crippen LogP contribution in [0.3, 0.4) is 0 Å². The second-order valence-corrected chi connectivity index (χ2v) is 8.71. The fraction of sp³-hybridized carbons (Fsp3) is 0.120. The molecule has 0 bridgehead atoms. The lowest BCUT2D eigenvalue weighted by molar-refractivity contribution is -0.386. The molecular formula is C25H19Cl2FN4O4. The van der Waals surface area contributed by atoms with Crippen molar-refractivity contribution in [1.82, 2.24) is 9.78 Å².